The molecule has 0 aliphatic carbocycles. The van der Waals surface area contributed by atoms with Gasteiger partial charge in [0.1, 0.15) is 5.01 Å². The van der Waals surface area contributed by atoms with E-state index in [-0.39, 0.29) is 5.01 Å². The van der Waals surface area contributed by atoms with Gasteiger partial charge in [-0.3, -0.25) is 4.79 Å². The summed E-state index contributed by atoms with van der Waals surface area (Å²) in [5, 5.41) is 1.82. The molecule has 1 rings (SSSR count). The fourth-order valence-electron chi connectivity index (χ4n) is 0.721. The fourth-order valence-corrected chi connectivity index (χ4v) is 1.49. The molecule has 0 unspecified atom stereocenters. The average Bonchev–Trinajstić information content (AvgIpc) is 2.33. The van der Waals surface area contributed by atoms with E-state index in [1.165, 1.54) is 0 Å². The largest absolute Gasteiger partial charge is 0.450 e. The maximum Gasteiger partial charge on any atom is 0.450 e. The Kier molecular flexibility index (Phi) is 2.70. The van der Waals surface area contributed by atoms with E-state index in [1.807, 2.05) is 0 Å². The predicted molar refractivity (Wildman–Crippen MR) is 41.6 cm³/mol. The van der Waals surface area contributed by atoms with E-state index >= 15 is 0 Å². The molecular formula is C7H6F3NOS. The zero-order valence-corrected chi connectivity index (χ0v) is 7.50. The van der Waals surface area contributed by atoms with Crippen molar-refractivity contribution in [2.24, 2.45) is 0 Å². The Morgan fingerprint density at radius 1 is 1.62 bits per heavy atom. The van der Waals surface area contributed by atoms with Crippen LogP contribution >= 0.6 is 11.3 Å². The van der Waals surface area contributed by atoms with E-state index in [2.05, 4.69) is 4.98 Å². The number of halogens is 3. The van der Waals surface area contributed by atoms with Crippen molar-refractivity contribution in [1.82, 2.24) is 4.98 Å². The summed E-state index contributed by atoms with van der Waals surface area (Å²) < 4.78 is 35.3. The average molecular weight is 209 g/mol. The molecule has 0 saturated carbocycles. The lowest BCUT2D eigenvalue weighted by Gasteiger charge is -2.01. The number of rotatable bonds is 2. The number of alkyl halides is 3. The molecule has 0 radical (unpaired) electrons. The van der Waals surface area contributed by atoms with Gasteiger partial charge in [-0.25, -0.2) is 4.98 Å². The number of ketones is 1. The van der Waals surface area contributed by atoms with Gasteiger partial charge in [-0.15, -0.1) is 11.3 Å². The van der Waals surface area contributed by atoms with Gasteiger partial charge in [0.25, 0.3) is 0 Å². The van der Waals surface area contributed by atoms with E-state index in [4.69, 9.17) is 0 Å². The van der Waals surface area contributed by atoms with E-state index in [0.29, 0.717) is 5.69 Å². The van der Waals surface area contributed by atoms with Crippen molar-refractivity contribution in [3.05, 3.63) is 16.1 Å². The van der Waals surface area contributed by atoms with Gasteiger partial charge in [-0.2, -0.15) is 13.2 Å². The van der Waals surface area contributed by atoms with Gasteiger partial charge in [-0.05, 0) is 6.92 Å². The highest BCUT2D eigenvalue weighted by Crippen LogP contribution is 2.20. The van der Waals surface area contributed by atoms with Crippen molar-refractivity contribution in [2.75, 3.05) is 0 Å². The van der Waals surface area contributed by atoms with Crippen molar-refractivity contribution in [1.29, 1.82) is 0 Å². The van der Waals surface area contributed by atoms with Gasteiger partial charge >= 0.3 is 6.18 Å². The summed E-state index contributed by atoms with van der Waals surface area (Å²) in [6, 6.07) is 0. The molecule has 0 fully saturated rings. The first kappa shape index (κ1) is 10.2. The molecule has 0 amide bonds. The van der Waals surface area contributed by atoms with Crippen LogP contribution in [0.1, 0.15) is 10.7 Å². The van der Waals surface area contributed by atoms with Crippen molar-refractivity contribution in [2.45, 2.75) is 19.5 Å². The Labute approximate surface area is 76.4 Å². The van der Waals surface area contributed by atoms with Crippen LogP contribution in [0.25, 0.3) is 0 Å². The molecular weight excluding hydrogens is 203 g/mol. The van der Waals surface area contributed by atoms with Crippen LogP contribution in [0.2, 0.25) is 0 Å². The van der Waals surface area contributed by atoms with Crippen LogP contribution in [0.5, 0.6) is 0 Å². The van der Waals surface area contributed by atoms with Crippen LogP contribution in [-0.2, 0) is 11.2 Å². The predicted octanol–water partition coefficient (Wildman–Crippen LogP) is 2.13. The first-order valence-electron chi connectivity index (χ1n) is 3.40. The fraction of sp³-hybridized carbons (Fsp3) is 0.429. The van der Waals surface area contributed by atoms with Gasteiger partial charge in [-0.1, -0.05) is 0 Å². The van der Waals surface area contributed by atoms with E-state index in [1.54, 1.807) is 12.3 Å². The molecule has 6 heteroatoms. The van der Waals surface area contributed by atoms with E-state index in [9.17, 15) is 18.0 Å². The monoisotopic (exact) mass is 209 g/mol. The Balaban J connectivity index is 2.65. The first-order chi connectivity index (χ1) is 5.89. The molecule has 0 aliphatic rings. The highest BCUT2D eigenvalue weighted by atomic mass is 32.1. The minimum absolute atomic E-state index is 0.208. The van der Waals surface area contributed by atoms with Gasteiger partial charge in [0, 0.05) is 11.1 Å². The molecule has 0 aromatic carbocycles. The topological polar surface area (TPSA) is 30.0 Å². The lowest BCUT2D eigenvalue weighted by molar-refractivity contribution is -0.170. The maximum absolute atomic E-state index is 11.8. The number of carbonyl (C=O) groups is 1. The summed E-state index contributed by atoms with van der Waals surface area (Å²) in [5.41, 5.74) is 0.634. The molecule has 1 aromatic heterocycles. The van der Waals surface area contributed by atoms with Crippen LogP contribution in [0.4, 0.5) is 13.2 Å². The summed E-state index contributed by atoms with van der Waals surface area (Å²) >= 11 is 1.06. The lowest BCUT2D eigenvalue weighted by atomic mass is 10.3. The highest BCUT2D eigenvalue weighted by molar-refractivity contribution is 7.09. The Morgan fingerprint density at radius 3 is 2.62 bits per heavy atom. The molecule has 0 aliphatic heterocycles. The normalized spacial score (nSPS) is 11.7. The summed E-state index contributed by atoms with van der Waals surface area (Å²) in [4.78, 5) is 14.2. The molecule has 0 atom stereocenters. The molecule has 1 aromatic rings. The third-order valence-electron chi connectivity index (χ3n) is 1.29. The molecule has 72 valence electrons. The number of aryl methyl sites for hydroxylation is 1. The zero-order chi connectivity index (χ0) is 10.1. The second-order valence-electron chi connectivity index (χ2n) is 2.48. The van der Waals surface area contributed by atoms with Gasteiger partial charge in [0.05, 0.1) is 6.42 Å². The van der Waals surface area contributed by atoms with Crippen molar-refractivity contribution in [3.63, 3.8) is 0 Å². The molecule has 1 heterocycles. The van der Waals surface area contributed by atoms with Crippen LogP contribution in [-0.4, -0.2) is 16.9 Å². The minimum atomic E-state index is -4.75. The Morgan fingerprint density at radius 2 is 2.23 bits per heavy atom. The number of nitrogens with zero attached hydrogens (tertiary/aromatic N) is 1. The zero-order valence-electron chi connectivity index (χ0n) is 6.68. The van der Waals surface area contributed by atoms with Crippen molar-refractivity contribution in [3.8, 4) is 0 Å². The third-order valence-corrected chi connectivity index (χ3v) is 2.26. The number of hydrogen-bond acceptors (Lipinski definition) is 3. The van der Waals surface area contributed by atoms with Crippen LogP contribution in [0.3, 0.4) is 0 Å². The van der Waals surface area contributed by atoms with Gasteiger partial charge in [0.15, 0.2) is 0 Å². The molecule has 13 heavy (non-hydrogen) atoms. The SMILES string of the molecule is Cc1csc(CC(=O)C(F)(F)F)n1. The lowest BCUT2D eigenvalue weighted by Crippen LogP contribution is -2.24. The summed E-state index contributed by atoms with van der Waals surface area (Å²) in [7, 11) is 0. The van der Waals surface area contributed by atoms with Crippen LogP contribution < -0.4 is 0 Å². The number of carbonyl (C=O) groups excluding carboxylic acids is 1. The molecule has 2 nitrogen and oxygen atoms in total. The van der Waals surface area contributed by atoms with Crippen LogP contribution in [0, 0.1) is 6.92 Å². The Hall–Kier alpha value is -0.910. The van der Waals surface area contributed by atoms with E-state index < -0.39 is 18.4 Å². The highest BCUT2D eigenvalue weighted by Gasteiger charge is 2.38. The smallest absolute Gasteiger partial charge is 0.289 e. The van der Waals surface area contributed by atoms with Gasteiger partial charge < -0.3 is 0 Å². The molecule has 0 spiro atoms. The quantitative estimate of drug-likeness (QED) is 0.746. The number of Topliss-reactive ketones (excluding diaryl/α,β-unsaturated/α-hetero) is 1. The summed E-state index contributed by atoms with van der Waals surface area (Å²) in [6.07, 6.45) is -5.40. The standard InChI is InChI=1S/C7H6F3NOS/c1-4-3-13-6(11-4)2-5(12)7(8,9)10/h3H,2H2,1H3. The van der Waals surface area contributed by atoms with E-state index in [0.717, 1.165) is 11.3 Å². The second kappa shape index (κ2) is 3.45. The maximum atomic E-state index is 11.8. The molecule has 0 saturated heterocycles. The summed E-state index contributed by atoms with van der Waals surface area (Å²) in [5.74, 6) is -1.75. The third kappa shape index (κ3) is 2.80. The number of hydrogen-bond donors (Lipinski definition) is 0. The van der Waals surface area contributed by atoms with Gasteiger partial charge in [0.2, 0.25) is 5.78 Å². The number of aromatic nitrogens is 1. The van der Waals surface area contributed by atoms with Crippen LogP contribution in [0.15, 0.2) is 5.38 Å². The molecule has 0 N–H and O–H groups in total. The molecule has 0 bridgehead atoms. The minimum Gasteiger partial charge on any atom is -0.289 e. The van der Waals surface area contributed by atoms with Crippen molar-refractivity contribution >= 4 is 17.1 Å². The summed E-state index contributed by atoms with van der Waals surface area (Å²) in [6.45, 7) is 1.66. The van der Waals surface area contributed by atoms with Crippen molar-refractivity contribution < 1.29 is 18.0 Å². The first-order valence-corrected chi connectivity index (χ1v) is 4.28. The number of thiazole rings is 1. The Bertz CT molecular complexity index is 318. The second-order valence-corrected chi connectivity index (χ2v) is 3.42.